The second kappa shape index (κ2) is 18.6. The monoisotopic (exact) mass is 674 g/mol. The first-order valence-electron chi connectivity index (χ1n) is 17.6. The number of aliphatic hydroxyl groups is 1. The lowest BCUT2D eigenvalue weighted by Gasteiger charge is -2.44. The Balaban J connectivity index is 1.48. The minimum Gasteiger partial charge on any atom is -0.497 e. The standard InChI is InChI=1S/C40H54N2O7/c1-5-6-10-37(44)41-26-9-7-8-11-38(45)42-27-24-39(29-43,25-28-42)30-49-40(31-12-18-34(46-2)19-13-31,32-14-20-35(47-3)21-15-32)33-16-22-36(48-4)23-17-33/h12-23,43H,5-11,24-30H2,1-4H3,(H,41,44). The average Bonchev–Trinajstić information content (AvgIpc) is 3.16. The van der Waals surface area contributed by atoms with Gasteiger partial charge in [-0.1, -0.05) is 56.2 Å². The number of nitrogens with one attached hydrogen (secondary N) is 1. The number of likely N-dealkylation sites (tertiary alicyclic amines) is 1. The van der Waals surface area contributed by atoms with Crippen molar-refractivity contribution < 1.29 is 33.6 Å². The summed E-state index contributed by atoms with van der Waals surface area (Å²) in [5, 5.41) is 13.8. The summed E-state index contributed by atoms with van der Waals surface area (Å²) in [6.45, 7) is 4.09. The fraction of sp³-hybridized carbons (Fsp3) is 0.500. The highest BCUT2D eigenvalue weighted by atomic mass is 16.5. The zero-order valence-corrected chi connectivity index (χ0v) is 29.7. The van der Waals surface area contributed by atoms with E-state index in [0.29, 0.717) is 45.3 Å². The molecule has 3 aromatic rings. The average molecular weight is 675 g/mol. The van der Waals surface area contributed by atoms with E-state index in [9.17, 15) is 14.7 Å². The highest BCUT2D eigenvalue weighted by molar-refractivity contribution is 5.76. The zero-order chi connectivity index (χ0) is 35.1. The van der Waals surface area contributed by atoms with Gasteiger partial charge in [-0.15, -0.1) is 0 Å². The van der Waals surface area contributed by atoms with Crippen LogP contribution >= 0.6 is 0 Å². The molecule has 1 saturated heterocycles. The van der Waals surface area contributed by atoms with E-state index >= 15 is 0 Å². The van der Waals surface area contributed by atoms with E-state index in [4.69, 9.17) is 18.9 Å². The number of benzene rings is 3. The number of rotatable bonds is 19. The molecule has 0 aromatic heterocycles. The van der Waals surface area contributed by atoms with Crippen molar-refractivity contribution >= 4 is 11.8 Å². The zero-order valence-electron chi connectivity index (χ0n) is 29.7. The molecule has 1 fully saturated rings. The van der Waals surface area contributed by atoms with E-state index in [1.807, 2.05) is 77.7 Å². The van der Waals surface area contributed by atoms with Crippen molar-refractivity contribution in [2.24, 2.45) is 5.41 Å². The van der Waals surface area contributed by atoms with E-state index < -0.39 is 11.0 Å². The molecule has 266 valence electrons. The van der Waals surface area contributed by atoms with Crippen LogP contribution in [0.2, 0.25) is 0 Å². The third-order valence-corrected chi connectivity index (χ3v) is 9.74. The quantitative estimate of drug-likeness (QED) is 0.111. The van der Waals surface area contributed by atoms with Crippen molar-refractivity contribution in [3.63, 3.8) is 0 Å². The second-order valence-corrected chi connectivity index (χ2v) is 13.0. The summed E-state index contributed by atoms with van der Waals surface area (Å²) in [7, 11) is 4.93. The Bertz CT molecular complexity index is 1320. The van der Waals surface area contributed by atoms with Gasteiger partial charge in [-0.05, 0) is 85.2 Å². The van der Waals surface area contributed by atoms with Gasteiger partial charge in [0.1, 0.15) is 22.8 Å². The van der Waals surface area contributed by atoms with Gasteiger partial charge in [-0.3, -0.25) is 9.59 Å². The van der Waals surface area contributed by atoms with Gasteiger partial charge in [0.25, 0.3) is 0 Å². The maximum atomic E-state index is 13.1. The first-order valence-corrected chi connectivity index (χ1v) is 17.6. The largest absolute Gasteiger partial charge is 0.497 e. The number of piperidine rings is 1. The Labute approximate surface area is 291 Å². The van der Waals surface area contributed by atoms with Crippen molar-refractivity contribution in [1.29, 1.82) is 0 Å². The minimum absolute atomic E-state index is 0.0527. The molecule has 0 unspecified atom stereocenters. The summed E-state index contributed by atoms with van der Waals surface area (Å²) in [5.41, 5.74) is 1.17. The van der Waals surface area contributed by atoms with Crippen LogP contribution in [0.4, 0.5) is 0 Å². The fourth-order valence-electron chi connectivity index (χ4n) is 6.46. The van der Waals surface area contributed by atoms with E-state index in [2.05, 4.69) is 12.2 Å². The smallest absolute Gasteiger partial charge is 0.222 e. The first-order chi connectivity index (χ1) is 23.8. The molecule has 0 spiro atoms. The lowest BCUT2D eigenvalue weighted by Crippen LogP contribution is -2.48. The van der Waals surface area contributed by atoms with Crippen LogP contribution in [0.25, 0.3) is 0 Å². The molecule has 1 aliphatic rings. The summed E-state index contributed by atoms with van der Waals surface area (Å²) in [6, 6.07) is 23.6. The summed E-state index contributed by atoms with van der Waals surface area (Å²) >= 11 is 0. The number of methoxy groups -OCH3 is 3. The molecule has 4 rings (SSSR count). The van der Waals surface area contributed by atoms with Crippen LogP contribution in [0.1, 0.15) is 81.4 Å². The van der Waals surface area contributed by atoms with Gasteiger partial charge >= 0.3 is 0 Å². The molecule has 1 aliphatic heterocycles. The first kappa shape index (κ1) is 37.7. The molecule has 9 heteroatoms. The number of nitrogens with zero attached hydrogens (tertiary/aromatic N) is 1. The third-order valence-electron chi connectivity index (χ3n) is 9.74. The van der Waals surface area contributed by atoms with Gasteiger partial charge in [-0.2, -0.15) is 0 Å². The number of hydrogen-bond donors (Lipinski definition) is 2. The molecule has 0 atom stereocenters. The second-order valence-electron chi connectivity index (χ2n) is 13.0. The maximum Gasteiger partial charge on any atom is 0.222 e. The number of unbranched alkanes of at least 4 members (excludes halogenated alkanes) is 3. The van der Waals surface area contributed by atoms with E-state index in [1.165, 1.54) is 0 Å². The number of aliphatic hydroxyl groups excluding tert-OH is 1. The van der Waals surface area contributed by atoms with Gasteiger partial charge in [-0.25, -0.2) is 0 Å². The van der Waals surface area contributed by atoms with Gasteiger partial charge in [0.2, 0.25) is 11.8 Å². The SMILES string of the molecule is CCCCC(=O)NCCCCCC(=O)N1CCC(CO)(COC(c2ccc(OC)cc2)(c2ccc(OC)cc2)c2ccc(OC)cc2)CC1. The topological polar surface area (TPSA) is 107 Å². The minimum atomic E-state index is -1.03. The van der Waals surface area contributed by atoms with Crippen molar-refractivity contribution in [3.05, 3.63) is 89.5 Å². The highest BCUT2D eigenvalue weighted by Crippen LogP contribution is 2.44. The fourth-order valence-corrected chi connectivity index (χ4v) is 6.46. The van der Waals surface area contributed by atoms with E-state index in [1.54, 1.807) is 21.3 Å². The van der Waals surface area contributed by atoms with Gasteiger partial charge in [0.15, 0.2) is 0 Å². The number of hydrogen-bond acceptors (Lipinski definition) is 7. The molecule has 2 N–H and O–H groups in total. The van der Waals surface area contributed by atoms with Crippen molar-refractivity contribution in [3.8, 4) is 17.2 Å². The van der Waals surface area contributed by atoms with Crippen molar-refractivity contribution in [2.45, 2.75) is 70.3 Å². The molecule has 0 aliphatic carbocycles. The number of carbonyl (C=O) groups excluding carboxylic acids is 2. The molecular formula is C40H54N2O7. The molecule has 1 heterocycles. The Hall–Kier alpha value is -4.08. The Morgan fingerprint density at radius 3 is 1.65 bits per heavy atom. The summed E-state index contributed by atoms with van der Waals surface area (Å²) < 4.78 is 23.6. The molecule has 0 radical (unpaired) electrons. The molecular weight excluding hydrogens is 620 g/mol. The Morgan fingerprint density at radius 2 is 1.22 bits per heavy atom. The molecule has 9 nitrogen and oxygen atoms in total. The predicted molar refractivity (Wildman–Crippen MR) is 191 cm³/mol. The Morgan fingerprint density at radius 1 is 0.735 bits per heavy atom. The molecule has 0 bridgehead atoms. The summed E-state index contributed by atoms with van der Waals surface area (Å²) in [6.07, 6.45) is 6.80. The summed E-state index contributed by atoms with van der Waals surface area (Å²) in [4.78, 5) is 26.8. The Kier molecular flexibility index (Phi) is 14.3. The lowest BCUT2D eigenvalue weighted by atomic mass is 9.77. The van der Waals surface area contributed by atoms with Crippen LogP contribution in [-0.4, -0.2) is 76.0 Å². The maximum absolute atomic E-state index is 13.1. The molecule has 3 aromatic carbocycles. The number of amides is 2. The number of carbonyl (C=O) groups is 2. The van der Waals surface area contributed by atoms with Crippen LogP contribution in [-0.2, 0) is 19.9 Å². The summed E-state index contributed by atoms with van der Waals surface area (Å²) in [5.74, 6) is 2.46. The van der Waals surface area contributed by atoms with Crippen molar-refractivity contribution in [1.82, 2.24) is 10.2 Å². The molecule has 0 saturated carbocycles. The molecule has 2 amide bonds. The van der Waals surface area contributed by atoms with Crippen LogP contribution < -0.4 is 19.5 Å². The van der Waals surface area contributed by atoms with Crippen LogP contribution in [0, 0.1) is 5.41 Å². The van der Waals surface area contributed by atoms with Crippen LogP contribution in [0.5, 0.6) is 17.2 Å². The lowest BCUT2D eigenvalue weighted by molar-refractivity contribution is -0.137. The molecule has 49 heavy (non-hydrogen) atoms. The number of ether oxygens (including phenoxy) is 4. The van der Waals surface area contributed by atoms with Crippen LogP contribution in [0.3, 0.4) is 0 Å². The predicted octanol–water partition coefficient (Wildman–Crippen LogP) is 6.49. The normalized spacial score (nSPS) is 14.3. The van der Waals surface area contributed by atoms with E-state index in [-0.39, 0.29) is 25.0 Å². The van der Waals surface area contributed by atoms with Gasteiger partial charge < -0.3 is 34.3 Å². The van der Waals surface area contributed by atoms with E-state index in [0.717, 1.165) is 66.0 Å². The van der Waals surface area contributed by atoms with Gasteiger partial charge in [0.05, 0.1) is 34.5 Å². The highest BCUT2D eigenvalue weighted by Gasteiger charge is 2.43. The third kappa shape index (κ3) is 9.76. The van der Waals surface area contributed by atoms with Gasteiger partial charge in [0, 0.05) is 37.9 Å². The van der Waals surface area contributed by atoms with Crippen LogP contribution in [0.15, 0.2) is 72.8 Å². The van der Waals surface area contributed by atoms with Crippen molar-refractivity contribution in [2.75, 3.05) is 54.2 Å².